The van der Waals surface area contributed by atoms with E-state index in [1.54, 1.807) is 7.11 Å². The van der Waals surface area contributed by atoms with Crippen molar-refractivity contribution in [2.45, 2.75) is 13.5 Å². The molecule has 2 heteroatoms. The molecule has 0 aliphatic carbocycles. The van der Waals surface area contributed by atoms with E-state index in [1.165, 1.54) is 5.56 Å². The molecule has 88 valence electrons. The van der Waals surface area contributed by atoms with E-state index in [1.807, 2.05) is 6.07 Å². The van der Waals surface area contributed by atoms with Crippen LogP contribution in [0, 0.1) is 6.92 Å². The molecule has 2 nitrogen and oxygen atoms in total. The highest BCUT2D eigenvalue weighted by molar-refractivity contribution is 5.71. The van der Waals surface area contributed by atoms with Crippen LogP contribution in [-0.4, -0.2) is 7.11 Å². The molecule has 2 aromatic rings. The Kier molecular flexibility index (Phi) is 3.45. The van der Waals surface area contributed by atoms with Crippen LogP contribution in [-0.2, 0) is 6.54 Å². The predicted octanol–water partition coefficient (Wildman–Crippen LogP) is 3.13. The van der Waals surface area contributed by atoms with E-state index in [0.717, 1.165) is 22.4 Å². The molecule has 2 rings (SSSR count). The smallest absolute Gasteiger partial charge is 0.126 e. The van der Waals surface area contributed by atoms with Crippen molar-refractivity contribution in [1.29, 1.82) is 0 Å². The van der Waals surface area contributed by atoms with Crippen molar-refractivity contribution in [3.63, 3.8) is 0 Å². The number of ether oxygens (including phenoxy) is 1. The van der Waals surface area contributed by atoms with Crippen molar-refractivity contribution >= 4 is 0 Å². The van der Waals surface area contributed by atoms with Gasteiger partial charge in [0.25, 0.3) is 0 Å². The standard InChI is InChI=1S/C15H17NO/c1-11-3-8-15(17-2)14(9-11)13-6-4-12(10-16)5-7-13/h3-9H,10,16H2,1-2H3. The van der Waals surface area contributed by atoms with Gasteiger partial charge in [-0.15, -0.1) is 0 Å². The molecular formula is C15H17NO. The number of nitrogens with two attached hydrogens (primary N) is 1. The van der Waals surface area contributed by atoms with Crippen LogP contribution in [0.15, 0.2) is 42.5 Å². The van der Waals surface area contributed by atoms with Crippen LogP contribution in [0.2, 0.25) is 0 Å². The Morgan fingerprint density at radius 2 is 1.76 bits per heavy atom. The SMILES string of the molecule is COc1ccc(C)cc1-c1ccc(CN)cc1. The summed E-state index contributed by atoms with van der Waals surface area (Å²) in [5, 5.41) is 0. The van der Waals surface area contributed by atoms with E-state index in [2.05, 4.69) is 43.3 Å². The molecule has 0 saturated carbocycles. The van der Waals surface area contributed by atoms with Gasteiger partial charge in [0, 0.05) is 12.1 Å². The zero-order valence-electron chi connectivity index (χ0n) is 10.2. The summed E-state index contributed by atoms with van der Waals surface area (Å²) in [6, 6.07) is 14.5. The van der Waals surface area contributed by atoms with Crippen LogP contribution in [0.4, 0.5) is 0 Å². The second-order valence-electron chi connectivity index (χ2n) is 4.10. The maximum Gasteiger partial charge on any atom is 0.126 e. The largest absolute Gasteiger partial charge is 0.496 e. The van der Waals surface area contributed by atoms with Crippen LogP contribution in [0.25, 0.3) is 11.1 Å². The highest BCUT2D eigenvalue weighted by Crippen LogP contribution is 2.30. The summed E-state index contributed by atoms with van der Waals surface area (Å²) in [5.74, 6) is 0.899. The molecule has 0 amide bonds. The van der Waals surface area contributed by atoms with Crippen LogP contribution < -0.4 is 10.5 Å². The van der Waals surface area contributed by atoms with E-state index >= 15 is 0 Å². The van der Waals surface area contributed by atoms with Crippen LogP contribution in [0.3, 0.4) is 0 Å². The Bertz CT molecular complexity index is 503. The van der Waals surface area contributed by atoms with E-state index in [-0.39, 0.29) is 0 Å². The minimum absolute atomic E-state index is 0.575. The van der Waals surface area contributed by atoms with Gasteiger partial charge in [-0.05, 0) is 30.2 Å². The third-order valence-corrected chi connectivity index (χ3v) is 2.86. The number of rotatable bonds is 3. The maximum atomic E-state index is 5.59. The van der Waals surface area contributed by atoms with Crippen molar-refractivity contribution in [2.24, 2.45) is 5.73 Å². The van der Waals surface area contributed by atoms with Crippen LogP contribution in [0.5, 0.6) is 5.75 Å². The first kappa shape index (κ1) is 11.7. The monoisotopic (exact) mass is 227 g/mol. The summed E-state index contributed by atoms with van der Waals surface area (Å²) >= 11 is 0. The fourth-order valence-electron chi connectivity index (χ4n) is 1.87. The minimum Gasteiger partial charge on any atom is -0.496 e. The predicted molar refractivity (Wildman–Crippen MR) is 71.1 cm³/mol. The molecule has 0 fully saturated rings. The van der Waals surface area contributed by atoms with Gasteiger partial charge in [0.1, 0.15) is 5.75 Å². The van der Waals surface area contributed by atoms with E-state index in [0.29, 0.717) is 6.54 Å². The number of aryl methyl sites for hydroxylation is 1. The Labute approximate surface area is 102 Å². The molecule has 2 aromatic carbocycles. The number of benzene rings is 2. The van der Waals surface area contributed by atoms with Gasteiger partial charge >= 0.3 is 0 Å². The molecule has 0 aliphatic heterocycles. The van der Waals surface area contributed by atoms with Gasteiger partial charge < -0.3 is 10.5 Å². The summed E-state index contributed by atoms with van der Waals surface area (Å²) in [4.78, 5) is 0. The summed E-state index contributed by atoms with van der Waals surface area (Å²) in [5.41, 5.74) is 10.2. The molecule has 0 atom stereocenters. The first-order valence-corrected chi connectivity index (χ1v) is 5.68. The van der Waals surface area contributed by atoms with E-state index < -0.39 is 0 Å². The van der Waals surface area contributed by atoms with E-state index in [4.69, 9.17) is 10.5 Å². The molecule has 0 radical (unpaired) electrons. The Hall–Kier alpha value is -1.80. The topological polar surface area (TPSA) is 35.2 Å². The van der Waals surface area contributed by atoms with Crippen molar-refractivity contribution in [3.05, 3.63) is 53.6 Å². The normalized spacial score (nSPS) is 10.3. The molecule has 0 unspecified atom stereocenters. The molecule has 0 aliphatic rings. The summed E-state index contributed by atoms with van der Waals surface area (Å²) in [7, 11) is 1.70. The fraction of sp³-hybridized carbons (Fsp3) is 0.200. The summed E-state index contributed by atoms with van der Waals surface area (Å²) in [6.45, 7) is 2.66. The fourth-order valence-corrected chi connectivity index (χ4v) is 1.87. The third-order valence-electron chi connectivity index (χ3n) is 2.86. The highest BCUT2D eigenvalue weighted by Gasteiger charge is 2.05. The van der Waals surface area contributed by atoms with Gasteiger partial charge in [-0.2, -0.15) is 0 Å². The van der Waals surface area contributed by atoms with Crippen LogP contribution >= 0.6 is 0 Å². The van der Waals surface area contributed by atoms with Gasteiger partial charge in [0.2, 0.25) is 0 Å². The van der Waals surface area contributed by atoms with Crippen molar-refractivity contribution < 1.29 is 4.74 Å². The molecule has 0 heterocycles. The number of methoxy groups -OCH3 is 1. The van der Waals surface area contributed by atoms with Gasteiger partial charge in [-0.3, -0.25) is 0 Å². The van der Waals surface area contributed by atoms with Gasteiger partial charge in [-0.1, -0.05) is 35.9 Å². The summed E-state index contributed by atoms with van der Waals surface area (Å²) in [6.07, 6.45) is 0. The zero-order chi connectivity index (χ0) is 12.3. The first-order chi connectivity index (χ1) is 8.24. The lowest BCUT2D eigenvalue weighted by molar-refractivity contribution is 0.416. The molecule has 0 spiro atoms. The lowest BCUT2D eigenvalue weighted by Gasteiger charge is -2.10. The zero-order valence-corrected chi connectivity index (χ0v) is 10.2. The third kappa shape index (κ3) is 2.48. The quantitative estimate of drug-likeness (QED) is 0.874. The molecule has 0 saturated heterocycles. The Morgan fingerprint density at radius 3 is 2.35 bits per heavy atom. The second-order valence-corrected chi connectivity index (χ2v) is 4.10. The first-order valence-electron chi connectivity index (χ1n) is 5.68. The van der Waals surface area contributed by atoms with E-state index in [9.17, 15) is 0 Å². The average molecular weight is 227 g/mol. The molecule has 2 N–H and O–H groups in total. The van der Waals surface area contributed by atoms with Crippen molar-refractivity contribution in [2.75, 3.05) is 7.11 Å². The lowest BCUT2D eigenvalue weighted by Crippen LogP contribution is -1.95. The molecule has 0 aromatic heterocycles. The lowest BCUT2D eigenvalue weighted by atomic mass is 10.0. The molecule has 0 bridgehead atoms. The van der Waals surface area contributed by atoms with Gasteiger partial charge in [0.05, 0.1) is 7.11 Å². The molecule has 17 heavy (non-hydrogen) atoms. The highest BCUT2D eigenvalue weighted by atomic mass is 16.5. The second kappa shape index (κ2) is 5.02. The summed E-state index contributed by atoms with van der Waals surface area (Å²) < 4.78 is 5.39. The number of hydrogen-bond acceptors (Lipinski definition) is 2. The van der Waals surface area contributed by atoms with Gasteiger partial charge in [0.15, 0.2) is 0 Å². The maximum absolute atomic E-state index is 5.59. The Balaban J connectivity index is 2.47. The minimum atomic E-state index is 0.575. The van der Waals surface area contributed by atoms with Crippen LogP contribution in [0.1, 0.15) is 11.1 Å². The van der Waals surface area contributed by atoms with Gasteiger partial charge in [-0.25, -0.2) is 0 Å². The number of hydrogen-bond donors (Lipinski definition) is 1. The van der Waals surface area contributed by atoms with Crippen molar-refractivity contribution in [3.8, 4) is 16.9 Å². The van der Waals surface area contributed by atoms with Crippen molar-refractivity contribution in [1.82, 2.24) is 0 Å². The molecular weight excluding hydrogens is 210 g/mol. The average Bonchev–Trinajstić information content (AvgIpc) is 2.39. The Morgan fingerprint density at radius 1 is 1.06 bits per heavy atom.